The summed E-state index contributed by atoms with van der Waals surface area (Å²) in [5, 5.41) is 12.2. The summed E-state index contributed by atoms with van der Waals surface area (Å²) in [4.78, 5) is 6.93. The Bertz CT molecular complexity index is 553. The zero-order valence-corrected chi connectivity index (χ0v) is 12.4. The quantitative estimate of drug-likeness (QED) is 0.379. The SMILES string of the molecule is CN(c1nc2c(cc1C(N)=NO)CCCC2)C1CCOC1. The lowest BCUT2D eigenvalue weighted by Crippen LogP contribution is -2.35. The van der Waals surface area contributed by atoms with Crippen molar-refractivity contribution in [3.63, 3.8) is 0 Å². The van der Waals surface area contributed by atoms with Crippen LogP contribution in [-0.2, 0) is 17.6 Å². The molecular weight excluding hydrogens is 268 g/mol. The maximum absolute atomic E-state index is 9.06. The number of pyridine rings is 1. The van der Waals surface area contributed by atoms with E-state index < -0.39 is 0 Å². The monoisotopic (exact) mass is 290 g/mol. The Hall–Kier alpha value is -1.82. The van der Waals surface area contributed by atoms with Crippen LogP contribution < -0.4 is 10.6 Å². The van der Waals surface area contributed by atoms with Gasteiger partial charge in [-0.15, -0.1) is 0 Å². The molecule has 1 unspecified atom stereocenters. The maximum Gasteiger partial charge on any atom is 0.173 e. The van der Waals surface area contributed by atoms with Crippen molar-refractivity contribution in [2.75, 3.05) is 25.2 Å². The molecule has 0 saturated carbocycles. The lowest BCUT2D eigenvalue weighted by molar-refractivity contribution is 0.193. The number of rotatable bonds is 3. The molecule has 1 fully saturated rings. The van der Waals surface area contributed by atoms with E-state index in [1.54, 1.807) is 0 Å². The minimum Gasteiger partial charge on any atom is -0.409 e. The lowest BCUT2D eigenvalue weighted by Gasteiger charge is -2.28. The van der Waals surface area contributed by atoms with Gasteiger partial charge in [0.15, 0.2) is 5.84 Å². The number of amidine groups is 1. The first-order valence-electron chi connectivity index (χ1n) is 7.52. The Labute approximate surface area is 124 Å². The summed E-state index contributed by atoms with van der Waals surface area (Å²) in [6, 6.07) is 2.34. The average molecular weight is 290 g/mol. The summed E-state index contributed by atoms with van der Waals surface area (Å²) in [5.74, 6) is 0.915. The van der Waals surface area contributed by atoms with Crippen LogP contribution in [-0.4, -0.2) is 42.3 Å². The van der Waals surface area contributed by atoms with E-state index >= 15 is 0 Å². The van der Waals surface area contributed by atoms with Crippen molar-refractivity contribution >= 4 is 11.7 Å². The van der Waals surface area contributed by atoms with Gasteiger partial charge in [-0.1, -0.05) is 5.16 Å². The summed E-state index contributed by atoms with van der Waals surface area (Å²) in [6.07, 6.45) is 5.36. The van der Waals surface area contributed by atoms with Gasteiger partial charge < -0.3 is 20.6 Å². The summed E-state index contributed by atoms with van der Waals surface area (Å²) < 4.78 is 5.46. The molecule has 3 rings (SSSR count). The summed E-state index contributed by atoms with van der Waals surface area (Å²) >= 11 is 0. The van der Waals surface area contributed by atoms with Gasteiger partial charge in [-0.3, -0.25) is 0 Å². The molecule has 1 atom stereocenters. The Balaban J connectivity index is 2.03. The normalized spacial score (nSPS) is 22.1. The molecule has 6 heteroatoms. The molecular formula is C15H22N4O2. The van der Waals surface area contributed by atoms with Crippen molar-refractivity contribution in [2.24, 2.45) is 10.9 Å². The molecule has 0 spiro atoms. The predicted octanol–water partition coefficient (Wildman–Crippen LogP) is 1.28. The number of aromatic nitrogens is 1. The molecule has 0 aromatic carbocycles. The summed E-state index contributed by atoms with van der Waals surface area (Å²) in [5.41, 5.74) is 8.96. The number of aryl methyl sites for hydroxylation is 2. The zero-order valence-electron chi connectivity index (χ0n) is 12.4. The number of hydrogen-bond donors (Lipinski definition) is 2. The number of nitrogens with zero attached hydrogens (tertiary/aromatic N) is 3. The fraction of sp³-hybridized carbons (Fsp3) is 0.600. The first-order chi connectivity index (χ1) is 10.2. The molecule has 1 aliphatic heterocycles. The Morgan fingerprint density at radius 1 is 1.48 bits per heavy atom. The topological polar surface area (TPSA) is 84.0 Å². The van der Waals surface area contributed by atoms with Crippen LogP contribution in [0.5, 0.6) is 0 Å². The highest BCUT2D eigenvalue weighted by molar-refractivity contribution is 6.01. The van der Waals surface area contributed by atoms with Gasteiger partial charge in [0.1, 0.15) is 5.82 Å². The number of likely N-dealkylation sites (N-methyl/N-ethyl adjacent to an activating group) is 1. The van der Waals surface area contributed by atoms with Crippen LogP contribution in [0.2, 0.25) is 0 Å². The second-order valence-electron chi connectivity index (χ2n) is 5.79. The van der Waals surface area contributed by atoms with Gasteiger partial charge in [0, 0.05) is 19.3 Å². The van der Waals surface area contributed by atoms with Crippen LogP contribution in [0.3, 0.4) is 0 Å². The number of oxime groups is 1. The molecule has 2 aliphatic rings. The number of hydrogen-bond acceptors (Lipinski definition) is 5. The molecule has 3 N–H and O–H groups in total. The molecule has 1 saturated heterocycles. The average Bonchev–Trinajstić information content (AvgIpc) is 3.06. The number of fused-ring (bicyclic) bond motifs is 1. The molecule has 114 valence electrons. The van der Waals surface area contributed by atoms with Crippen LogP contribution in [0, 0.1) is 0 Å². The van der Waals surface area contributed by atoms with Gasteiger partial charge in [-0.2, -0.15) is 0 Å². The second-order valence-corrected chi connectivity index (χ2v) is 5.79. The van der Waals surface area contributed by atoms with Crippen LogP contribution in [0.1, 0.15) is 36.1 Å². The highest BCUT2D eigenvalue weighted by Crippen LogP contribution is 2.28. The van der Waals surface area contributed by atoms with Gasteiger partial charge in [0.2, 0.25) is 0 Å². The standard InChI is InChI=1S/C15H22N4O2/c1-19(11-6-7-21-9-11)15-12(14(16)18-20)8-10-4-2-3-5-13(10)17-15/h8,11,20H,2-7,9H2,1H3,(H2,16,18). The van der Waals surface area contributed by atoms with E-state index in [4.69, 9.17) is 20.7 Å². The van der Waals surface area contributed by atoms with Crippen molar-refractivity contribution in [1.29, 1.82) is 0 Å². The van der Waals surface area contributed by atoms with Crippen LogP contribution in [0.4, 0.5) is 5.82 Å². The molecule has 0 amide bonds. The molecule has 6 nitrogen and oxygen atoms in total. The zero-order chi connectivity index (χ0) is 14.8. The van der Waals surface area contributed by atoms with Crippen molar-refractivity contribution in [1.82, 2.24) is 4.98 Å². The molecule has 21 heavy (non-hydrogen) atoms. The third-order valence-electron chi connectivity index (χ3n) is 4.45. The summed E-state index contributed by atoms with van der Waals surface area (Å²) in [7, 11) is 2.01. The predicted molar refractivity (Wildman–Crippen MR) is 81.0 cm³/mol. The fourth-order valence-electron chi connectivity index (χ4n) is 3.13. The first-order valence-corrected chi connectivity index (χ1v) is 7.52. The van der Waals surface area contributed by atoms with Crippen LogP contribution in [0.15, 0.2) is 11.2 Å². The van der Waals surface area contributed by atoms with Gasteiger partial charge in [-0.25, -0.2) is 4.98 Å². The van der Waals surface area contributed by atoms with Crippen molar-refractivity contribution in [3.8, 4) is 0 Å². The highest BCUT2D eigenvalue weighted by atomic mass is 16.5. The Kier molecular flexibility index (Phi) is 3.96. The van der Waals surface area contributed by atoms with Crippen molar-refractivity contribution in [2.45, 2.75) is 38.1 Å². The van der Waals surface area contributed by atoms with Gasteiger partial charge in [0.05, 0.1) is 18.2 Å². The van der Waals surface area contributed by atoms with E-state index in [9.17, 15) is 0 Å². The lowest BCUT2D eigenvalue weighted by atomic mass is 9.94. The van der Waals surface area contributed by atoms with E-state index in [1.807, 2.05) is 13.1 Å². The van der Waals surface area contributed by atoms with Gasteiger partial charge >= 0.3 is 0 Å². The first kappa shape index (κ1) is 14.1. The van der Waals surface area contributed by atoms with E-state index in [-0.39, 0.29) is 5.84 Å². The number of nitrogens with two attached hydrogens (primary N) is 1. The third-order valence-corrected chi connectivity index (χ3v) is 4.45. The number of ether oxygens (including phenoxy) is 1. The maximum atomic E-state index is 9.06. The minimum absolute atomic E-state index is 0.122. The van der Waals surface area contributed by atoms with Crippen LogP contribution >= 0.6 is 0 Å². The van der Waals surface area contributed by atoms with E-state index in [0.29, 0.717) is 18.2 Å². The van der Waals surface area contributed by atoms with Gasteiger partial charge in [-0.05, 0) is 43.7 Å². The number of anilines is 1. The molecule has 1 aromatic rings. The van der Waals surface area contributed by atoms with E-state index in [0.717, 1.165) is 37.4 Å². The molecule has 0 radical (unpaired) electrons. The van der Waals surface area contributed by atoms with Crippen molar-refractivity contribution in [3.05, 3.63) is 22.9 Å². The Morgan fingerprint density at radius 3 is 3.00 bits per heavy atom. The largest absolute Gasteiger partial charge is 0.409 e. The van der Waals surface area contributed by atoms with Gasteiger partial charge in [0.25, 0.3) is 0 Å². The fourth-order valence-corrected chi connectivity index (χ4v) is 3.13. The highest BCUT2D eigenvalue weighted by Gasteiger charge is 2.26. The molecule has 1 aromatic heterocycles. The Morgan fingerprint density at radius 2 is 2.29 bits per heavy atom. The second kappa shape index (κ2) is 5.89. The third kappa shape index (κ3) is 2.68. The molecule has 1 aliphatic carbocycles. The van der Waals surface area contributed by atoms with E-state index in [1.165, 1.54) is 18.4 Å². The summed E-state index contributed by atoms with van der Waals surface area (Å²) in [6.45, 7) is 1.48. The van der Waals surface area contributed by atoms with E-state index in [2.05, 4.69) is 10.1 Å². The molecule has 0 bridgehead atoms. The van der Waals surface area contributed by atoms with Crippen molar-refractivity contribution < 1.29 is 9.94 Å². The smallest absolute Gasteiger partial charge is 0.173 e. The van der Waals surface area contributed by atoms with Crippen LogP contribution in [0.25, 0.3) is 0 Å². The molecule has 2 heterocycles. The minimum atomic E-state index is 0.122.